The Bertz CT molecular complexity index is 981. The monoisotopic (exact) mass is 377 g/mol. The molecule has 1 fully saturated rings. The second kappa shape index (κ2) is 7.31. The average Bonchev–Trinajstić information content (AvgIpc) is 2.61. The van der Waals surface area contributed by atoms with Gasteiger partial charge < -0.3 is 4.90 Å². The lowest BCUT2D eigenvalue weighted by molar-refractivity contribution is -0.122. The zero-order valence-corrected chi connectivity index (χ0v) is 16.7. The molecule has 0 spiro atoms. The van der Waals surface area contributed by atoms with Crippen molar-refractivity contribution in [3.05, 3.63) is 64.2 Å². The summed E-state index contributed by atoms with van der Waals surface area (Å²) in [6.45, 7) is 5.64. The molecule has 0 saturated carbocycles. The molecule has 6 heteroatoms. The highest BCUT2D eigenvalue weighted by Crippen LogP contribution is 2.29. The van der Waals surface area contributed by atoms with E-state index in [4.69, 9.17) is 0 Å². The fourth-order valence-electron chi connectivity index (χ4n) is 3.42. The van der Waals surface area contributed by atoms with Crippen molar-refractivity contribution in [3.8, 4) is 0 Å². The van der Waals surface area contributed by atoms with Crippen LogP contribution in [0.2, 0.25) is 0 Å². The lowest BCUT2D eigenvalue weighted by Gasteiger charge is -2.29. The molecular formula is C22H23N3O3. The number of anilines is 2. The standard InChI is InChI=1S/C22H23N3O3/c1-13-10-14(2)19(15(3)11-13)25-21(27)18(20(26)23-22(25)28)12-16-6-8-17(9-7-16)24(4)5/h6-12H,1-5H3,(H,23,26,28)/b18-12+. The fourth-order valence-corrected chi connectivity index (χ4v) is 3.42. The van der Waals surface area contributed by atoms with Crippen LogP contribution in [0.3, 0.4) is 0 Å². The van der Waals surface area contributed by atoms with E-state index in [1.54, 1.807) is 0 Å². The SMILES string of the molecule is Cc1cc(C)c(N2C(=O)NC(=O)/C(=C\c3ccc(N(C)C)cc3)C2=O)c(C)c1. The maximum absolute atomic E-state index is 13.1. The highest BCUT2D eigenvalue weighted by atomic mass is 16.2. The van der Waals surface area contributed by atoms with Gasteiger partial charge in [0, 0.05) is 19.8 Å². The number of imide groups is 2. The number of urea groups is 1. The Balaban J connectivity index is 2.03. The van der Waals surface area contributed by atoms with E-state index in [0.29, 0.717) is 11.3 Å². The van der Waals surface area contributed by atoms with Crippen LogP contribution in [0.4, 0.5) is 16.2 Å². The third-order valence-corrected chi connectivity index (χ3v) is 4.68. The summed E-state index contributed by atoms with van der Waals surface area (Å²) in [6, 6.07) is 10.5. The summed E-state index contributed by atoms with van der Waals surface area (Å²) in [5.74, 6) is -1.31. The van der Waals surface area contributed by atoms with Gasteiger partial charge in [-0.1, -0.05) is 29.8 Å². The molecular weight excluding hydrogens is 354 g/mol. The minimum Gasteiger partial charge on any atom is -0.378 e. The first-order valence-electron chi connectivity index (χ1n) is 8.95. The largest absolute Gasteiger partial charge is 0.378 e. The zero-order chi connectivity index (χ0) is 20.6. The van der Waals surface area contributed by atoms with Gasteiger partial charge in [-0.3, -0.25) is 14.9 Å². The van der Waals surface area contributed by atoms with Gasteiger partial charge in [0.25, 0.3) is 11.8 Å². The van der Waals surface area contributed by atoms with Crippen LogP contribution in [-0.4, -0.2) is 31.9 Å². The Morgan fingerprint density at radius 1 is 0.929 bits per heavy atom. The van der Waals surface area contributed by atoms with Crippen molar-refractivity contribution in [3.63, 3.8) is 0 Å². The summed E-state index contributed by atoms with van der Waals surface area (Å²) in [6.07, 6.45) is 1.51. The van der Waals surface area contributed by atoms with E-state index in [-0.39, 0.29) is 5.57 Å². The molecule has 2 aromatic rings. The summed E-state index contributed by atoms with van der Waals surface area (Å²) < 4.78 is 0. The minimum atomic E-state index is -0.731. The Kier molecular flexibility index (Phi) is 5.05. The number of hydrogen-bond donors (Lipinski definition) is 1. The van der Waals surface area contributed by atoms with Crippen molar-refractivity contribution in [1.82, 2.24) is 5.32 Å². The van der Waals surface area contributed by atoms with E-state index in [1.807, 2.05) is 76.2 Å². The van der Waals surface area contributed by atoms with Crippen LogP contribution >= 0.6 is 0 Å². The number of barbiturate groups is 1. The smallest absolute Gasteiger partial charge is 0.335 e. The number of nitrogens with zero attached hydrogens (tertiary/aromatic N) is 2. The van der Waals surface area contributed by atoms with E-state index in [0.717, 1.165) is 27.3 Å². The van der Waals surface area contributed by atoms with Crippen LogP contribution in [0.1, 0.15) is 22.3 Å². The molecule has 0 atom stereocenters. The third-order valence-electron chi connectivity index (χ3n) is 4.68. The second-order valence-corrected chi connectivity index (χ2v) is 7.19. The van der Waals surface area contributed by atoms with Crippen LogP contribution in [0, 0.1) is 20.8 Å². The van der Waals surface area contributed by atoms with Crippen LogP contribution < -0.4 is 15.1 Å². The summed E-state index contributed by atoms with van der Waals surface area (Å²) >= 11 is 0. The lowest BCUT2D eigenvalue weighted by atomic mass is 10.0. The quantitative estimate of drug-likeness (QED) is 0.658. The van der Waals surface area contributed by atoms with Crippen molar-refractivity contribution in [1.29, 1.82) is 0 Å². The molecule has 28 heavy (non-hydrogen) atoms. The molecule has 4 amide bonds. The summed E-state index contributed by atoms with van der Waals surface area (Å²) in [5, 5.41) is 2.28. The van der Waals surface area contributed by atoms with E-state index >= 15 is 0 Å². The van der Waals surface area contributed by atoms with Gasteiger partial charge in [-0.15, -0.1) is 0 Å². The Morgan fingerprint density at radius 2 is 1.50 bits per heavy atom. The normalized spacial score (nSPS) is 15.8. The van der Waals surface area contributed by atoms with E-state index in [9.17, 15) is 14.4 Å². The lowest BCUT2D eigenvalue weighted by Crippen LogP contribution is -2.54. The van der Waals surface area contributed by atoms with Crippen molar-refractivity contribution >= 4 is 35.3 Å². The molecule has 1 heterocycles. The average molecular weight is 377 g/mol. The van der Waals surface area contributed by atoms with Gasteiger partial charge in [0.1, 0.15) is 5.57 Å². The number of aryl methyl sites for hydroxylation is 3. The molecule has 1 aliphatic heterocycles. The van der Waals surface area contributed by atoms with Crippen molar-refractivity contribution in [2.24, 2.45) is 0 Å². The van der Waals surface area contributed by atoms with Gasteiger partial charge in [-0.05, 0) is 55.7 Å². The summed E-state index contributed by atoms with van der Waals surface area (Å²) in [7, 11) is 3.86. The molecule has 0 aliphatic carbocycles. The maximum atomic E-state index is 13.1. The maximum Gasteiger partial charge on any atom is 0.335 e. The molecule has 1 N–H and O–H groups in total. The van der Waals surface area contributed by atoms with Crippen LogP contribution in [-0.2, 0) is 9.59 Å². The number of carbonyl (C=O) groups excluding carboxylic acids is 3. The predicted molar refractivity (Wildman–Crippen MR) is 110 cm³/mol. The van der Waals surface area contributed by atoms with Gasteiger partial charge in [0.15, 0.2) is 0 Å². The number of amides is 4. The van der Waals surface area contributed by atoms with Gasteiger partial charge in [-0.25, -0.2) is 9.69 Å². The fraction of sp³-hybridized carbons (Fsp3) is 0.227. The second-order valence-electron chi connectivity index (χ2n) is 7.19. The molecule has 1 aliphatic rings. The summed E-state index contributed by atoms with van der Waals surface area (Å²) in [5.41, 5.74) is 4.78. The molecule has 144 valence electrons. The van der Waals surface area contributed by atoms with Gasteiger partial charge >= 0.3 is 6.03 Å². The highest BCUT2D eigenvalue weighted by Gasteiger charge is 2.38. The first-order chi connectivity index (χ1) is 13.2. The number of hydrogen-bond acceptors (Lipinski definition) is 4. The first kappa shape index (κ1) is 19.4. The van der Waals surface area contributed by atoms with Crippen LogP contribution in [0.25, 0.3) is 6.08 Å². The third kappa shape index (κ3) is 3.53. The Labute approximate surface area is 164 Å². The van der Waals surface area contributed by atoms with Crippen molar-refractivity contribution in [2.45, 2.75) is 20.8 Å². The van der Waals surface area contributed by atoms with E-state index < -0.39 is 17.8 Å². The molecule has 0 aromatic heterocycles. The molecule has 1 saturated heterocycles. The Morgan fingerprint density at radius 3 is 2.04 bits per heavy atom. The van der Waals surface area contributed by atoms with Crippen molar-refractivity contribution in [2.75, 3.05) is 23.9 Å². The first-order valence-corrected chi connectivity index (χ1v) is 8.95. The molecule has 3 rings (SSSR count). The van der Waals surface area contributed by atoms with Crippen molar-refractivity contribution < 1.29 is 14.4 Å². The number of rotatable bonds is 3. The molecule has 2 aromatic carbocycles. The summed E-state index contributed by atoms with van der Waals surface area (Å²) in [4.78, 5) is 40.9. The predicted octanol–water partition coefficient (Wildman–Crippen LogP) is 3.34. The van der Waals surface area contributed by atoms with Crippen LogP contribution in [0.15, 0.2) is 42.0 Å². The van der Waals surface area contributed by atoms with Gasteiger partial charge in [0.2, 0.25) is 0 Å². The number of carbonyl (C=O) groups is 3. The topological polar surface area (TPSA) is 69.7 Å². The van der Waals surface area contributed by atoms with Crippen LogP contribution in [0.5, 0.6) is 0 Å². The van der Waals surface area contributed by atoms with Gasteiger partial charge in [0.05, 0.1) is 5.69 Å². The Hall–Kier alpha value is -3.41. The molecule has 0 unspecified atom stereocenters. The number of nitrogens with one attached hydrogen (secondary N) is 1. The minimum absolute atomic E-state index is 0.0726. The highest BCUT2D eigenvalue weighted by molar-refractivity contribution is 6.39. The van der Waals surface area contributed by atoms with E-state index in [2.05, 4.69) is 5.32 Å². The molecule has 0 bridgehead atoms. The zero-order valence-electron chi connectivity index (χ0n) is 16.7. The molecule has 6 nitrogen and oxygen atoms in total. The van der Waals surface area contributed by atoms with Gasteiger partial charge in [-0.2, -0.15) is 0 Å². The van der Waals surface area contributed by atoms with E-state index in [1.165, 1.54) is 6.08 Å². The number of benzene rings is 2. The molecule has 0 radical (unpaired) electrons.